The van der Waals surface area contributed by atoms with E-state index in [-0.39, 0.29) is 0 Å². The molecular formula is C13H18I. The molecule has 0 amide bonds. The Morgan fingerprint density at radius 1 is 1.14 bits per heavy atom. The summed E-state index contributed by atoms with van der Waals surface area (Å²) in [5, 5.41) is 0. The van der Waals surface area contributed by atoms with Crippen LogP contribution in [0.1, 0.15) is 38.2 Å². The van der Waals surface area contributed by atoms with E-state index in [1.54, 1.807) is 0 Å². The quantitative estimate of drug-likeness (QED) is 0.531. The van der Waals surface area contributed by atoms with Gasteiger partial charge in [0.1, 0.15) is 0 Å². The van der Waals surface area contributed by atoms with E-state index in [0.717, 1.165) is 6.42 Å². The van der Waals surface area contributed by atoms with Crippen molar-refractivity contribution in [2.45, 2.75) is 39.0 Å². The predicted octanol–water partition coefficient (Wildman–Crippen LogP) is 4.62. The topological polar surface area (TPSA) is 0 Å². The molecule has 0 heterocycles. The van der Waals surface area contributed by atoms with Gasteiger partial charge in [0, 0.05) is 3.57 Å². The summed E-state index contributed by atoms with van der Waals surface area (Å²) in [5.74, 6) is 0. The van der Waals surface area contributed by atoms with Crippen molar-refractivity contribution in [1.82, 2.24) is 0 Å². The van der Waals surface area contributed by atoms with E-state index < -0.39 is 0 Å². The Hall–Kier alpha value is -0.0500. The Labute approximate surface area is 101 Å². The molecule has 0 fully saturated rings. The summed E-state index contributed by atoms with van der Waals surface area (Å²) in [5.41, 5.74) is 1.43. The summed E-state index contributed by atoms with van der Waals surface area (Å²) in [6, 6.07) is 8.79. The molecule has 0 aliphatic carbocycles. The predicted molar refractivity (Wildman–Crippen MR) is 71.3 cm³/mol. The standard InChI is InChI=1S/C13H18I/c1-2-3-4-5-6-7-12-8-10-13(14)11-9-12/h6,8-11H,2-5,7H2,1H3. The molecule has 0 N–H and O–H groups in total. The fourth-order valence-corrected chi connectivity index (χ4v) is 1.79. The van der Waals surface area contributed by atoms with Crippen molar-refractivity contribution >= 4 is 22.6 Å². The Balaban J connectivity index is 2.15. The van der Waals surface area contributed by atoms with E-state index >= 15 is 0 Å². The third-order valence-electron chi connectivity index (χ3n) is 2.31. The molecule has 0 aliphatic rings. The summed E-state index contributed by atoms with van der Waals surface area (Å²) < 4.78 is 1.32. The van der Waals surface area contributed by atoms with Crippen LogP contribution in [0.4, 0.5) is 0 Å². The average Bonchev–Trinajstić information content (AvgIpc) is 2.21. The second-order valence-corrected chi connectivity index (χ2v) is 4.86. The highest BCUT2D eigenvalue weighted by Gasteiger charge is 1.93. The number of halogens is 1. The largest absolute Gasteiger partial charge is 0.0654 e. The van der Waals surface area contributed by atoms with Crippen LogP contribution in [-0.2, 0) is 6.42 Å². The molecule has 1 aromatic carbocycles. The highest BCUT2D eigenvalue weighted by Crippen LogP contribution is 2.10. The first kappa shape index (κ1) is 12.0. The lowest BCUT2D eigenvalue weighted by molar-refractivity contribution is 0.702. The second-order valence-electron chi connectivity index (χ2n) is 3.62. The zero-order valence-corrected chi connectivity index (χ0v) is 11.0. The molecule has 77 valence electrons. The number of rotatable bonds is 6. The summed E-state index contributed by atoms with van der Waals surface area (Å²) in [6.07, 6.45) is 8.82. The van der Waals surface area contributed by atoms with Crippen molar-refractivity contribution in [3.8, 4) is 0 Å². The minimum absolute atomic E-state index is 1.13. The molecule has 0 unspecified atom stereocenters. The molecule has 0 bridgehead atoms. The van der Waals surface area contributed by atoms with E-state index in [9.17, 15) is 0 Å². The summed E-state index contributed by atoms with van der Waals surface area (Å²) in [7, 11) is 0. The van der Waals surface area contributed by atoms with Gasteiger partial charge in [-0.15, -0.1) is 0 Å². The maximum atomic E-state index is 2.40. The first-order chi connectivity index (χ1) is 6.83. The van der Waals surface area contributed by atoms with Crippen molar-refractivity contribution in [2.75, 3.05) is 0 Å². The van der Waals surface area contributed by atoms with Gasteiger partial charge in [-0.2, -0.15) is 0 Å². The highest BCUT2D eigenvalue weighted by molar-refractivity contribution is 14.1. The number of unbranched alkanes of at least 4 members (excludes halogenated alkanes) is 4. The van der Waals surface area contributed by atoms with E-state index in [1.165, 1.54) is 34.8 Å². The van der Waals surface area contributed by atoms with Gasteiger partial charge in [-0.25, -0.2) is 0 Å². The second kappa shape index (κ2) is 7.27. The van der Waals surface area contributed by atoms with Crippen LogP contribution >= 0.6 is 22.6 Å². The molecule has 1 aromatic rings. The fourth-order valence-electron chi connectivity index (χ4n) is 1.43. The lowest BCUT2D eigenvalue weighted by Crippen LogP contribution is -1.87. The maximum Gasteiger partial charge on any atom is 0.0130 e. The van der Waals surface area contributed by atoms with Gasteiger partial charge in [-0.05, 0) is 59.5 Å². The van der Waals surface area contributed by atoms with E-state index in [1.807, 2.05) is 0 Å². The molecule has 0 aliphatic heterocycles. The van der Waals surface area contributed by atoms with Gasteiger partial charge in [0.15, 0.2) is 0 Å². The molecule has 0 saturated carbocycles. The third kappa shape index (κ3) is 4.99. The van der Waals surface area contributed by atoms with Gasteiger partial charge < -0.3 is 0 Å². The smallest absolute Gasteiger partial charge is 0.0130 e. The van der Waals surface area contributed by atoms with E-state index in [4.69, 9.17) is 0 Å². The Kier molecular flexibility index (Phi) is 6.24. The first-order valence-electron chi connectivity index (χ1n) is 5.39. The summed E-state index contributed by atoms with van der Waals surface area (Å²) in [6.45, 7) is 2.25. The lowest BCUT2D eigenvalue weighted by Gasteiger charge is -2.01. The van der Waals surface area contributed by atoms with Gasteiger partial charge in [0.25, 0.3) is 0 Å². The molecule has 0 saturated heterocycles. The van der Waals surface area contributed by atoms with Crippen molar-refractivity contribution in [1.29, 1.82) is 0 Å². The van der Waals surface area contributed by atoms with Crippen molar-refractivity contribution in [3.05, 3.63) is 39.8 Å². The molecule has 0 atom stereocenters. The van der Waals surface area contributed by atoms with Gasteiger partial charge in [-0.1, -0.05) is 38.3 Å². The monoisotopic (exact) mass is 301 g/mol. The Bertz CT molecular complexity index is 238. The minimum atomic E-state index is 1.13. The summed E-state index contributed by atoms with van der Waals surface area (Å²) in [4.78, 5) is 0. The summed E-state index contributed by atoms with van der Waals surface area (Å²) >= 11 is 2.34. The van der Waals surface area contributed by atoms with Crippen LogP contribution in [0, 0.1) is 9.99 Å². The SMILES string of the molecule is CCCCC[CH]Cc1ccc(I)cc1. The molecular weight excluding hydrogens is 283 g/mol. The Morgan fingerprint density at radius 3 is 2.50 bits per heavy atom. The lowest BCUT2D eigenvalue weighted by atomic mass is 10.1. The van der Waals surface area contributed by atoms with Gasteiger partial charge in [-0.3, -0.25) is 0 Å². The van der Waals surface area contributed by atoms with Crippen LogP contribution in [0.2, 0.25) is 0 Å². The zero-order chi connectivity index (χ0) is 10.2. The van der Waals surface area contributed by atoms with Crippen LogP contribution in [-0.4, -0.2) is 0 Å². The van der Waals surface area contributed by atoms with Crippen LogP contribution in [0.5, 0.6) is 0 Å². The van der Waals surface area contributed by atoms with E-state index in [0.29, 0.717) is 0 Å². The molecule has 1 radical (unpaired) electrons. The molecule has 0 nitrogen and oxygen atoms in total. The van der Waals surface area contributed by atoms with Crippen LogP contribution < -0.4 is 0 Å². The van der Waals surface area contributed by atoms with Gasteiger partial charge >= 0.3 is 0 Å². The number of hydrogen-bond donors (Lipinski definition) is 0. The fraction of sp³-hybridized carbons (Fsp3) is 0.462. The molecule has 0 spiro atoms. The van der Waals surface area contributed by atoms with Crippen molar-refractivity contribution in [3.63, 3.8) is 0 Å². The number of hydrogen-bond acceptors (Lipinski definition) is 0. The highest BCUT2D eigenvalue weighted by atomic mass is 127. The van der Waals surface area contributed by atoms with Gasteiger partial charge in [0.05, 0.1) is 0 Å². The van der Waals surface area contributed by atoms with Crippen LogP contribution in [0.15, 0.2) is 24.3 Å². The number of benzene rings is 1. The molecule has 14 heavy (non-hydrogen) atoms. The normalized spacial score (nSPS) is 10.4. The molecule has 0 aromatic heterocycles. The molecule has 1 heteroatoms. The van der Waals surface area contributed by atoms with Crippen LogP contribution in [0.25, 0.3) is 0 Å². The Morgan fingerprint density at radius 2 is 1.86 bits per heavy atom. The molecule has 1 rings (SSSR count). The van der Waals surface area contributed by atoms with Crippen LogP contribution in [0.3, 0.4) is 0 Å². The first-order valence-corrected chi connectivity index (χ1v) is 6.47. The minimum Gasteiger partial charge on any atom is -0.0654 e. The maximum absolute atomic E-state index is 2.40. The average molecular weight is 301 g/mol. The van der Waals surface area contributed by atoms with E-state index in [2.05, 4.69) is 60.2 Å². The zero-order valence-electron chi connectivity index (χ0n) is 8.80. The van der Waals surface area contributed by atoms with Crippen molar-refractivity contribution in [2.24, 2.45) is 0 Å². The van der Waals surface area contributed by atoms with Crippen molar-refractivity contribution < 1.29 is 0 Å². The van der Waals surface area contributed by atoms with Gasteiger partial charge in [0.2, 0.25) is 0 Å². The third-order valence-corrected chi connectivity index (χ3v) is 3.02.